The van der Waals surface area contributed by atoms with Gasteiger partial charge in [0.2, 0.25) is 10.0 Å². The Morgan fingerprint density at radius 3 is 2.50 bits per heavy atom. The molecule has 1 rings (SSSR count). The molecule has 0 atom stereocenters. The van der Waals surface area contributed by atoms with Gasteiger partial charge in [-0.1, -0.05) is 18.2 Å². The minimum absolute atomic E-state index is 0.00591. The van der Waals surface area contributed by atoms with Crippen LogP contribution in [0.4, 0.5) is 5.69 Å². The van der Waals surface area contributed by atoms with Gasteiger partial charge in [-0.25, -0.2) is 8.42 Å². The number of hydrogen-bond acceptors (Lipinski definition) is 3. The Morgan fingerprint density at radius 1 is 1.31 bits per heavy atom. The highest BCUT2D eigenvalue weighted by Crippen LogP contribution is 2.15. The Bertz CT molecular complexity index is 463. The van der Waals surface area contributed by atoms with Gasteiger partial charge >= 0.3 is 0 Å². The summed E-state index contributed by atoms with van der Waals surface area (Å²) in [6.45, 7) is 0. The van der Waals surface area contributed by atoms with E-state index in [1.807, 2.05) is 12.1 Å². The van der Waals surface area contributed by atoms with E-state index in [-0.39, 0.29) is 12.2 Å². The molecule has 0 amide bonds. The monoisotopic (exact) mass is 238 g/mol. The van der Waals surface area contributed by atoms with Crippen molar-refractivity contribution in [2.45, 2.75) is 12.8 Å². The number of unbranched alkanes of at least 4 members (excludes halogenated alkanes) is 1. The second-order valence-electron chi connectivity index (χ2n) is 3.38. The zero-order chi connectivity index (χ0) is 12.0. The molecule has 0 aliphatic carbocycles. The Morgan fingerprint density at radius 2 is 1.94 bits per heavy atom. The molecule has 1 aromatic rings. The number of para-hydroxylation sites is 1. The van der Waals surface area contributed by atoms with E-state index in [0.717, 1.165) is 0 Å². The van der Waals surface area contributed by atoms with Crippen molar-refractivity contribution >= 4 is 15.7 Å². The Kier molecular flexibility index (Phi) is 4.32. The van der Waals surface area contributed by atoms with E-state index >= 15 is 0 Å². The summed E-state index contributed by atoms with van der Waals surface area (Å²) >= 11 is 0. The summed E-state index contributed by atoms with van der Waals surface area (Å²) in [5.74, 6) is 0.00591. The van der Waals surface area contributed by atoms with Crippen molar-refractivity contribution in [2.75, 3.05) is 17.1 Å². The highest BCUT2D eigenvalue weighted by atomic mass is 32.2. The first-order chi connectivity index (χ1) is 7.58. The van der Waals surface area contributed by atoms with Crippen molar-refractivity contribution in [3.8, 4) is 6.07 Å². The van der Waals surface area contributed by atoms with Crippen LogP contribution in [-0.4, -0.2) is 21.2 Å². The van der Waals surface area contributed by atoms with Gasteiger partial charge in [-0.05, 0) is 18.6 Å². The fourth-order valence-electron chi connectivity index (χ4n) is 1.27. The highest BCUT2D eigenvalue weighted by molar-refractivity contribution is 7.92. The standard InChI is InChI=1S/C11H14N2O2S/c1-13(11-7-3-2-4-8-11)16(14,15)10-6-5-9-12/h2-4,7-8H,5-6,10H2,1H3. The van der Waals surface area contributed by atoms with Gasteiger partial charge in [-0.2, -0.15) is 5.26 Å². The van der Waals surface area contributed by atoms with Crippen LogP contribution >= 0.6 is 0 Å². The van der Waals surface area contributed by atoms with Gasteiger partial charge in [-0.3, -0.25) is 4.31 Å². The molecule has 4 nitrogen and oxygen atoms in total. The molecule has 0 radical (unpaired) electrons. The molecule has 0 aliphatic heterocycles. The predicted molar refractivity (Wildman–Crippen MR) is 63.5 cm³/mol. The van der Waals surface area contributed by atoms with E-state index in [1.54, 1.807) is 24.3 Å². The minimum atomic E-state index is -3.30. The molecule has 0 saturated carbocycles. The van der Waals surface area contributed by atoms with E-state index in [0.29, 0.717) is 12.1 Å². The van der Waals surface area contributed by atoms with Gasteiger partial charge in [0.05, 0.1) is 17.5 Å². The van der Waals surface area contributed by atoms with Crippen LogP contribution in [-0.2, 0) is 10.0 Å². The molecule has 16 heavy (non-hydrogen) atoms. The third kappa shape index (κ3) is 3.24. The summed E-state index contributed by atoms with van der Waals surface area (Å²) in [6, 6.07) is 10.8. The van der Waals surface area contributed by atoms with Crippen molar-refractivity contribution < 1.29 is 8.42 Å². The summed E-state index contributed by atoms with van der Waals surface area (Å²) in [5.41, 5.74) is 0.638. The van der Waals surface area contributed by atoms with E-state index < -0.39 is 10.0 Å². The topological polar surface area (TPSA) is 61.2 Å². The van der Waals surface area contributed by atoms with Crippen molar-refractivity contribution in [3.05, 3.63) is 30.3 Å². The number of rotatable bonds is 5. The third-order valence-electron chi connectivity index (χ3n) is 2.23. The first kappa shape index (κ1) is 12.5. The van der Waals surface area contributed by atoms with Crippen LogP contribution < -0.4 is 4.31 Å². The normalized spacial score (nSPS) is 10.8. The summed E-state index contributed by atoms with van der Waals surface area (Å²) in [5, 5.41) is 8.36. The summed E-state index contributed by atoms with van der Waals surface area (Å²) in [7, 11) is -1.78. The van der Waals surface area contributed by atoms with Crippen molar-refractivity contribution in [3.63, 3.8) is 0 Å². The summed E-state index contributed by atoms with van der Waals surface area (Å²) in [6.07, 6.45) is 0.637. The summed E-state index contributed by atoms with van der Waals surface area (Å²) < 4.78 is 24.9. The molecule has 86 valence electrons. The van der Waals surface area contributed by atoms with Crippen LogP contribution in [0, 0.1) is 11.3 Å². The molecule has 0 unspecified atom stereocenters. The molecule has 0 fully saturated rings. The lowest BCUT2D eigenvalue weighted by atomic mass is 10.3. The van der Waals surface area contributed by atoms with Gasteiger partial charge in [0.25, 0.3) is 0 Å². The Labute approximate surface area is 96.2 Å². The lowest BCUT2D eigenvalue weighted by Gasteiger charge is -2.18. The van der Waals surface area contributed by atoms with Crippen molar-refractivity contribution in [1.82, 2.24) is 0 Å². The average Bonchev–Trinajstić information content (AvgIpc) is 2.29. The van der Waals surface area contributed by atoms with Crippen LogP contribution in [0.15, 0.2) is 30.3 Å². The fraction of sp³-hybridized carbons (Fsp3) is 0.364. The molecule has 5 heteroatoms. The van der Waals surface area contributed by atoms with Crippen LogP contribution in [0.25, 0.3) is 0 Å². The fourth-order valence-corrected chi connectivity index (χ4v) is 2.50. The number of sulfonamides is 1. The van der Waals surface area contributed by atoms with Gasteiger partial charge < -0.3 is 0 Å². The van der Waals surface area contributed by atoms with Gasteiger partial charge in [0, 0.05) is 13.5 Å². The van der Waals surface area contributed by atoms with Crippen LogP contribution in [0.1, 0.15) is 12.8 Å². The van der Waals surface area contributed by atoms with E-state index in [4.69, 9.17) is 5.26 Å². The van der Waals surface area contributed by atoms with Gasteiger partial charge in [0.1, 0.15) is 0 Å². The largest absolute Gasteiger partial charge is 0.273 e. The lowest BCUT2D eigenvalue weighted by Crippen LogP contribution is -2.28. The second-order valence-corrected chi connectivity index (χ2v) is 5.50. The smallest absolute Gasteiger partial charge is 0.234 e. The van der Waals surface area contributed by atoms with Crippen LogP contribution in [0.3, 0.4) is 0 Å². The zero-order valence-corrected chi connectivity index (χ0v) is 9.94. The molecular formula is C11H14N2O2S. The molecule has 0 spiro atoms. The number of hydrogen-bond donors (Lipinski definition) is 0. The molecule has 0 aromatic heterocycles. The highest BCUT2D eigenvalue weighted by Gasteiger charge is 2.17. The predicted octanol–water partition coefficient (Wildman–Crippen LogP) is 1.76. The number of nitrogens with zero attached hydrogens (tertiary/aromatic N) is 2. The Balaban J connectivity index is 2.74. The second kappa shape index (κ2) is 5.52. The van der Waals surface area contributed by atoms with Crippen molar-refractivity contribution in [1.29, 1.82) is 5.26 Å². The quantitative estimate of drug-likeness (QED) is 0.734. The molecule has 0 aliphatic rings. The zero-order valence-electron chi connectivity index (χ0n) is 9.13. The van der Waals surface area contributed by atoms with E-state index in [9.17, 15) is 8.42 Å². The molecule has 0 heterocycles. The van der Waals surface area contributed by atoms with E-state index in [1.165, 1.54) is 11.4 Å². The molecule has 0 saturated heterocycles. The lowest BCUT2D eigenvalue weighted by molar-refractivity contribution is 0.592. The molecule has 0 bridgehead atoms. The van der Waals surface area contributed by atoms with Gasteiger partial charge in [-0.15, -0.1) is 0 Å². The van der Waals surface area contributed by atoms with Gasteiger partial charge in [0.15, 0.2) is 0 Å². The average molecular weight is 238 g/mol. The maximum Gasteiger partial charge on any atom is 0.234 e. The molecule has 0 N–H and O–H groups in total. The molecule has 1 aromatic carbocycles. The van der Waals surface area contributed by atoms with E-state index in [2.05, 4.69) is 0 Å². The Hall–Kier alpha value is -1.54. The summed E-state index contributed by atoms with van der Waals surface area (Å²) in [4.78, 5) is 0. The van der Waals surface area contributed by atoms with Crippen LogP contribution in [0.2, 0.25) is 0 Å². The number of benzene rings is 1. The number of anilines is 1. The molecular weight excluding hydrogens is 224 g/mol. The minimum Gasteiger partial charge on any atom is -0.273 e. The number of nitriles is 1. The first-order valence-electron chi connectivity index (χ1n) is 4.96. The maximum absolute atomic E-state index is 11.8. The van der Waals surface area contributed by atoms with Crippen molar-refractivity contribution in [2.24, 2.45) is 0 Å². The maximum atomic E-state index is 11.8. The van der Waals surface area contributed by atoms with Crippen LogP contribution in [0.5, 0.6) is 0 Å². The third-order valence-corrected chi connectivity index (χ3v) is 4.08. The SMILES string of the molecule is CN(c1ccccc1)S(=O)(=O)CCCC#N. The first-order valence-corrected chi connectivity index (χ1v) is 6.57.